The van der Waals surface area contributed by atoms with Crippen LogP contribution in [0.2, 0.25) is 0 Å². The van der Waals surface area contributed by atoms with Crippen molar-refractivity contribution in [2.24, 2.45) is 5.92 Å². The summed E-state index contributed by atoms with van der Waals surface area (Å²) >= 11 is 0. The molecule has 0 radical (unpaired) electrons. The van der Waals surface area contributed by atoms with Gasteiger partial charge in [0.15, 0.2) is 0 Å². The maximum Gasteiger partial charge on any atom is 0.256 e. The predicted molar refractivity (Wildman–Crippen MR) is 79.7 cm³/mol. The molecular formula is C16H18N4O2. The number of piperidine rings is 1. The Labute approximate surface area is 128 Å². The van der Waals surface area contributed by atoms with Crippen LogP contribution in [0.5, 0.6) is 0 Å². The molecule has 2 aliphatic rings. The Morgan fingerprint density at radius 1 is 1.27 bits per heavy atom. The highest BCUT2D eigenvalue weighted by Crippen LogP contribution is 2.30. The normalized spacial score (nSPS) is 24.3. The zero-order valence-corrected chi connectivity index (χ0v) is 12.3. The monoisotopic (exact) mass is 298 g/mol. The quantitative estimate of drug-likeness (QED) is 0.843. The molecule has 0 spiro atoms. The topological polar surface area (TPSA) is 60.2 Å². The highest BCUT2D eigenvalue weighted by molar-refractivity contribution is 5.98. The maximum atomic E-state index is 13.1. The summed E-state index contributed by atoms with van der Waals surface area (Å²) in [6, 6.07) is 7.77. The summed E-state index contributed by atoms with van der Waals surface area (Å²) in [5, 5.41) is 7.85. The number of para-hydroxylation sites is 1. The van der Waals surface area contributed by atoms with Crippen LogP contribution in [-0.2, 0) is 4.74 Å². The molecule has 2 fully saturated rings. The number of rotatable bonds is 2. The van der Waals surface area contributed by atoms with Gasteiger partial charge in [0, 0.05) is 12.5 Å². The van der Waals surface area contributed by atoms with Crippen LogP contribution in [0.15, 0.2) is 36.7 Å². The van der Waals surface area contributed by atoms with Crippen LogP contribution in [0.3, 0.4) is 0 Å². The number of likely N-dealkylation sites (tertiary alicyclic amines) is 1. The lowest BCUT2D eigenvalue weighted by Gasteiger charge is -2.36. The first-order chi connectivity index (χ1) is 10.8. The molecule has 2 aliphatic heterocycles. The van der Waals surface area contributed by atoms with Crippen LogP contribution in [0.1, 0.15) is 23.2 Å². The molecule has 1 aromatic carbocycles. The zero-order chi connectivity index (χ0) is 14.9. The van der Waals surface area contributed by atoms with Gasteiger partial charge in [0.2, 0.25) is 0 Å². The third-order valence-corrected chi connectivity index (χ3v) is 4.60. The number of amides is 1. The smallest absolute Gasteiger partial charge is 0.256 e. The van der Waals surface area contributed by atoms with E-state index in [-0.39, 0.29) is 11.9 Å². The molecule has 1 amide bonds. The van der Waals surface area contributed by atoms with Gasteiger partial charge in [0.25, 0.3) is 5.91 Å². The lowest BCUT2D eigenvalue weighted by molar-refractivity contribution is 0.0559. The Bertz CT molecular complexity index is 671. The van der Waals surface area contributed by atoms with Gasteiger partial charge in [0.05, 0.1) is 42.9 Å². The van der Waals surface area contributed by atoms with E-state index in [1.165, 1.54) is 0 Å². The molecule has 6 heteroatoms. The largest absolute Gasteiger partial charge is 0.379 e. The van der Waals surface area contributed by atoms with Gasteiger partial charge < -0.3 is 9.64 Å². The number of ether oxygens (including phenoxy) is 1. The summed E-state index contributed by atoms with van der Waals surface area (Å²) in [4.78, 5) is 15.1. The van der Waals surface area contributed by atoms with Crippen molar-refractivity contribution in [3.8, 4) is 5.69 Å². The third kappa shape index (κ3) is 2.20. The van der Waals surface area contributed by atoms with E-state index in [9.17, 15) is 4.79 Å². The molecule has 114 valence electrons. The van der Waals surface area contributed by atoms with E-state index in [0.29, 0.717) is 18.1 Å². The minimum Gasteiger partial charge on any atom is -0.379 e. The van der Waals surface area contributed by atoms with Crippen molar-refractivity contribution in [2.45, 2.75) is 18.9 Å². The van der Waals surface area contributed by atoms with Crippen molar-refractivity contribution in [1.82, 2.24) is 19.9 Å². The summed E-state index contributed by atoms with van der Waals surface area (Å²) in [5.41, 5.74) is 1.44. The van der Waals surface area contributed by atoms with Gasteiger partial charge in [-0.3, -0.25) is 4.79 Å². The molecule has 1 aromatic heterocycles. The number of benzene rings is 1. The zero-order valence-electron chi connectivity index (χ0n) is 12.3. The van der Waals surface area contributed by atoms with Crippen LogP contribution < -0.4 is 0 Å². The van der Waals surface area contributed by atoms with Crippen LogP contribution in [0, 0.1) is 5.92 Å². The van der Waals surface area contributed by atoms with Crippen molar-refractivity contribution < 1.29 is 9.53 Å². The number of aromatic nitrogens is 3. The summed E-state index contributed by atoms with van der Waals surface area (Å²) in [6.07, 6.45) is 5.56. The Kier molecular flexibility index (Phi) is 3.38. The summed E-state index contributed by atoms with van der Waals surface area (Å²) < 4.78 is 7.23. The van der Waals surface area contributed by atoms with E-state index in [1.54, 1.807) is 17.1 Å². The van der Waals surface area contributed by atoms with Crippen molar-refractivity contribution in [1.29, 1.82) is 0 Å². The summed E-state index contributed by atoms with van der Waals surface area (Å²) in [5.74, 6) is 0.544. The molecule has 22 heavy (non-hydrogen) atoms. The molecule has 2 atom stereocenters. The summed E-state index contributed by atoms with van der Waals surface area (Å²) in [6.45, 7) is 2.23. The van der Waals surface area contributed by atoms with E-state index in [4.69, 9.17) is 4.74 Å². The summed E-state index contributed by atoms with van der Waals surface area (Å²) in [7, 11) is 0. The molecule has 3 heterocycles. The minimum absolute atomic E-state index is 0.0614. The van der Waals surface area contributed by atoms with Crippen LogP contribution >= 0.6 is 0 Å². The Hall–Kier alpha value is -2.21. The van der Waals surface area contributed by atoms with Crippen LogP contribution in [0.25, 0.3) is 5.69 Å². The van der Waals surface area contributed by atoms with E-state index in [1.807, 2.05) is 29.2 Å². The lowest BCUT2D eigenvalue weighted by atomic mass is 9.91. The van der Waals surface area contributed by atoms with E-state index >= 15 is 0 Å². The van der Waals surface area contributed by atoms with Crippen molar-refractivity contribution >= 4 is 5.91 Å². The predicted octanol–water partition coefficient (Wildman–Crippen LogP) is 1.52. The second-order valence-corrected chi connectivity index (χ2v) is 5.87. The van der Waals surface area contributed by atoms with Crippen molar-refractivity contribution in [3.05, 3.63) is 42.2 Å². The van der Waals surface area contributed by atoms with Crippen molar-refractivity contribution in [3.63, 3.8) is 0 Å². The molecule has 6 nitrogen and oxygen atoms in total. The number of fused-ring (bicyclic) bond motifs is 1. The van der Waals surface area contributed by atoms with Gasteiger partial charge in [0.1, 0.15) is 0 Å². The Morgan fingerprint density at radius 2 is 2.18 bits per heavy atom. The first-order valence-electron chi connectivity index (χ1n) is 7.69. The molecule has 0 bridgehead atoms. The fourth-order valence-corrected chi connectivity index (χ4v) is 3.49. The lowest BCUT2D eigenvalue weighted by Crippen LogP contribution is -2.48. The molecule has 0 unspecified atom stereocenters. The molecule has 0 aliphatic carbocycles. The van der Waals surface area contributed by atoms with E-state index in [0.717, 1.165) is 31.7 Å². The van der Waals surface area contributed by atoms with E-state index < -0.39 is 0 Å². The molecule has 0 saturated carbocycles. The highest BCUT2D eigenvalue weighted by Gasteiger charge is 2.39. The minimum atomic E-state index is 0.0614. The molecule has 0 N–H and O–H groups in total. The van der Waals surface area contributed by atoms with Crippen molar-refractivity contribution in [2.75, 3.05) is 19.8 Å². The number of carbonyl (C=O) groups excluding carboxylic acids is 1. The van der Waals surface area contributed by atoms with Gasteiger partial charge in [-0.1, -0.05) is 17.3 Å². The van der Waals surface area contributed by atoms with Crippen LogP contribution in [0.4, 0.5) is 0 Å². The van der Waals surface area contributed by atoms with Gasteiger partial charge in [-0.2, -0.15) is 0 Å². The second-order valence-electron chi connectivity index (χ2n) is 5.87. The van der Waals surface area contributed by atoms with Crippen LogP contribution in [-0.4, -0.2) is 51.6 Å². The average molecular weight is 298 g/mol. The number of carbonyl (C=O) groups is 1. The first-order valence-corrected chi connectivity index (χ1v) is 7.69. The second kappa shape index (κ2) is 5.53. The average Bonchev–Trinajstić information content (AvgIpc) is 3.25. The van der Waals surface area contributed by atoms with Gasteiger partial charge in [-0.15, -0.1) is 5.10 Å². The number of hydrogen-bond acceptors (Lipinski definition) is 4. The number of nitrogens with zero attached hydrogens (tertiary/aromatic N) is 4. The standard InChI is InChI=1S/C16H18N4O2/c21-16(19-8-3-4-12-10-22-11-15(12)19)13-5-1-2-6-14(13)20-9-7-17-18-20/h1-2,5-7,9,12,15H,3-4,8,10-11H2/t12-,15+/m1/s1. The molecule has 2 aromatic rings. The fourth-order valence-electron chi connectivity index (χ4n) is 3.49. The Balaban J connectivity index is 1.68. The molecule has 2 saturated heterocycles. The first kappa shape index (κ1) is 13.5. The Morgan fingerprint density at radius 3 is 3.05 bits per heavy atom. The van der Waals surface area contributed by atoms with Gasteiger partial charge in [-0.25, -0.2) is 4.68 Å². The fraction of sp³-hybridized carbons (Fsp3) is 0.438. The number of hydrogen-bond donors (Lipinski definition) is 0. The third-order valence-electron chi connectivity index (χ3n) is 4.60. The molecular weight excluding hydrogens is 280 g/mol. The SMILES string of the molecule is O=C(c1ccccc1-n1ccnn1)N1CCC[C@@H]2COC[C@@H]21. The van der Waals surface area contributed by atoms with E-state index in [2.05, 4.69) is 10.3 Å². The maximum absolute atomic E-state index is 13.1. The van der Waals surface area contributed by atoms with Gasteiger partial charge in [-0.05, 0) is 25.0 Å². The highest BCUT2D eigenvalue weighted by atomic mass is 16.5. The van der Waals surface area contributed by atoms with Gasteiger partial charge >= 0.3 is 0 Å². The molecule has 4 rings (SSSR count).